The molecular weight excluding hydrogens is 313 g/mol. The molecule has 0 bridgehead atoms. The maximum atomic E-state index is 10.0. The van der Waals surface area contributed by atoms with Crippen molar-refractivity contribution in [2.75, 3.05) is 0 Å². The van der Waals surface area contributed by atoms with Gasteiger partial charge in [-0.15, -0.1) is 0 Å². The predicted molar refractivity (Wildman–Crippen MR) is 69.0 cm³/mol. The molecule has 0 spiro atoms. The molecule has 1 aliphatic carbocycles. The number of hydrogen-bond donors (Lipinski definition) is 1. The van der Waals surface area contributed by atoms with Gasteiger partial charge in [-0.3, -0.25) is 10.1 Å². The zero-order valence-corrected chi connectivity index (χ0v) is 12.2. The summed E-state index contributed by atoms with van der Waals surface area (Å²) in [7, 11) is 9.78. The van der Waals surface area contributed by atoms with Crippen molar-refractivity contribution in [2.24, 2.45) is 0 Å². The first-order chi connectivity index (χ1) is 8.61. The molecule has 1 aromatic rings. The summed E-state index contributed by atoms with van der Waals surface area (Å²) in [6.07, 6.45) is 10.0. The molecule has 0 amide bonds. The van der Waals surface area contributed by atoms with Gasteiger partial charge in [0, 0.05) is 18.6 Å². The molecule has 95 valence electrons. The second kappa shape index (κ2) is 11.3. The van der Waals surface area contributed by atoms with Crippen LogP contribution in [0.15, 0.2) is 48.6 Å². The Bertz CT molecular complexity index is 397. The molecule has 1 N–H and O–H groups in total. The molecule has 7 heteroatoms. The van der Waals surface area contributed by atoms with Gasteiger partial charge in [0.15, 0.2) is 0 Å². The van der Waals surface area contributed by atoms with Crippen molar-refractivity contribution in [3.8, 4) is 5.75 Å². The van der Waals surface area contributed by atoms with Crippen LogP contribution in [0, 0.1) is 16.5 Å². The zero-order chi connectivity index (χ0) is 13.8. The number of nitrogens with zero attached hydrogens (tertiary/aromatic N) is 1. The summed E-state index contributed by atoms with van der Waals surface area (Å²) in [5.74, 6) is 0.0330. The van der Waals surface area contributed by atoms with Crippen molar-refractivity contribution in [3.63, 3.8) is 0 Å². The Labute approximate surface area is 122 Å². The van der Waals surface area contributed by atoms with E-state index in [1.807, 2.05) is 30.7 Å². The van der Waals surface area contributed by atoms with Crippen LogP contribution in [0.3, 0.4) is 0 Å². The van der Waals surface area contributed by atoms with Gasteiger partial charge in [-0.1, -0.05) is 24.3 Å². The van der Waals surface area contributed by atoms with Crippen LogP contribution < -0.4 is 0 Å². The topological polar surface area (TPSA) is 63.4 Å². The van der Waals surface area contributed by atoms with Crippen molar-refractivity contribution < 1.29 is 27.1 Å². The summed E-state index contributed by atoms with van der Waals surface area (Å²) >= 11 is -0.556. The summed E-state index contributed by atoms with van der Waals surface area (Å²) in [5, 5.41) is 18.8. The summed E-state index contributed by atoms with van der Waals surface area (Å²) in [5.41, 5.74) is -0.0159. The van der Waals surface area contributed by atoms with E-state index in [0.29, 0.717) is 0 Å². The number of non-ortho nitro benzene ring substituents is 1. The number of halogens is 2. The maximum absolute atomic E-state index is 10.0. The third kappa shape index (κ3) is 9.25. The molecule has 0 fully saturated rings. The van der Waals surface area contributed by atoms with Crippen LogP contribution in [-0.2, 0) is 17.0 Å². The first-order valence-corrected chi connectivity index (χ1v) is 8.98. The van der Waals surface area contributed by atoms with Crippen molar-refractivity contribution in [2.45, 2.75) is 0 Å². The van der Waals surface area contributed by atoms with Gasteiger partial charge in [-0.2, -0.15) is 0 Å². The van der Waals surface area contributed by atoms with Gasteiger partial charge in [0.1, 0.15) is 5.75 Å². The van der Waals surface area contributed by atoms with E-state index in [2.05, 4.69) is 0 Å². The van der Waals surface area contributed by atoms with E-state index in [0.717, 1.165) is 0 Å². The number of aromatic hydroxyl groups is 1. The second-order valence-corrected chi connectivity index (χ2v) is 5.39. The number of allylic oxidation sites excluding steroid dienone is 4. The fourth-order valence-corrected chi connectivity index (χ4v) is 0.895. The van der Waals surface area contributed by atoms with Crippen LogP contribution in [0.5, 0.6) is 5.75 Å². The fraction of sp³-hybridized carbons (Fsp3) is 0. The fourth-order valence-electron chi connectivity index (χ4n) is 0.895. The minimum absolute atomic E-state index is 0.0159. The Morgan fingerprint density at radius 3 is 1.78 bits per heavy atom. The van der Waals surface area contributed by atoms with Crippen molar-refractivity contribution in [1.82, 2.24) is 0 Å². The number of nitro groups is 1. The van der Waals surface area contributed by atoms with Gasteiger partial charge < -0.3 is 5.11 Å². The molecule has 0 aliphatic heterocycles. The van der Waals surface area contributed by atoms with Crippen LogP contribution in [0.1, 0.15) is 0 Å². The van der Waals surface area contributed by atoms with E-state index in [1.54, 1.807) is 0 Å². The molecule has 1 aromatic carbocycles. The van der Waals surface area contributed by atoms with E-state index < -0.39 is 22.0 Å². The first kappa shape index (κ1) is 17.2. The molecule has 0 heterocycles. The normalized spacial score (nSPS) is 10.8. The molecule has 18 heavy (non-hydrogen) atoms. The number of phenolic OH excluding ortho intramolecular Hbond substituents is 1. The zero-order valence-electron chi connectivity index (χ0n) is 9.16. The van der Waals surface area contributed by atoms with Crippen LogP contribution in [-0.4, -0.2) is 10.0 Å². The van der Waals surface area contributed by atoms with E-state index in [-0.39, 0.29) is 11.4 Å². The summed E-state index contributed by atoms with van der Waals surface area (Å²) in [6, 6.07) is 5.04. The quantitative estimate of drug-likeness (QED) is 0.483. The first-order valence-electron chi connectivity index (χ1n) is 4.68. The molecule has 4 nitrogen and oxygen atoms in total. The molecule has 0 unspecified atom stereocenters. The standard InChI is InChI=1S/C6H5NO3.C5H5.2ClH.Ti/c8-6-3-1-5(2-4-6)7(9)10;1-2-4-5-3-1;;;/h1-4,8H;1-5H;2*1H;/q;;;;+2/p-2. The van der Waals surface area contributed by atoms with E-state index in [4.69, 9.17) is 23.7 Å². The van der Waals surface area contributed by atoms with Crippen LogP contribution >= 0.6 is 18.6 Å². The van der Waals surface area contributed by atoms with Gasteiger partial charge >= 0.3 is 35.6 Å². The number of rotatable bonds is 1. The number of nitro benzene ring substituents is 1. The molecule has 0 aromatic heterocycles. The molecular formula is C11H10Cl2NO3Ti. The average Bonchev–Trinajstić information content (AvgIpc) is 2.89. The monoisotopic (exact) mass is 322 g/mol. The van der Waals surface area contributed by atoms with Crippen molar-refractivity contribution in [1.29, 1.82) is 0 Å². The number of benzene rings is 1. The Morgan fingerprint density at radius 1 is 1.06 bits per heavy atom. The summed E-state index contributed by atoms with van der Waals surface area (Å²) < 4.78 is 0. The van der Waals surface area contributed by atoms with E-state index >= 15 is 0 Å². The van der Waals surface area contributed by atoms with Gasteiger partial charge in [0.05, 0.1) is 4.92 Å². The predicted octanol–water partition coefficient (Wildman–Crippen LogP) is 3.99. The van der Waals surface area contributed by atoms with Crippen LogP contribution in [0.4, 0.5) is 5.69 Å². The molecule has 0 saturated heterocycles. The Hall–Kier alpha value is -0.806. The van der Waals surface area contributed by atoms with E-state index in [1.165, 1.54) is 24.3 Å². The van der Waals surface area contributed by atoms with Crippen molar-refractivity contribution in [3.05, 3.63) is 65.1 Å². The third-order valence-corrected chi connectivity index (χ3v) is 1.62. The van der Waals surface area contributed by atoms with Gasteiger partial charge in [0.2, 0.25) is 0 Å². The molecule has 2 rings (SSSR count). The van der Waals surface area contributed by atoms with Crippen molar-refractivity contribution >= 4 is 24.3 Å². The molecule has 0 atom stereocenters. The van der Waals surface area contributed by atoms with Gasteiger partial charge in [-0.05, 0) is 12.1 Å². The summed E-state index contributed by atoms with van der Waals surface area (Å²) in [6.45, 7) is 0. The third-order valence-electron chi connectivity index (χ3n) is 1.62. The molecule has 1 radical (unpaired) electrons. The van der Waals surface area contributed by atoms with Gasteiger partial charge in [0.25, 0.3) is 5.69 Å². The molecule has 0 saturated carbocycles. The van der Waals surface area contributed by atoms with Crippen LogP contribution in [0.25, 0.3) is 0 Å². The Balaban J connectivity index is 0.000000301. The Morgan fingerprint density at radius 2 is 1.50 bits per heavy atom. The summed E-state index contributed by atoms with van der Waals surface area (Å²) in [4.78, 5) is 9.52. The minimum atomic E-state index is -0.556. The van der Waals surface area contributed by atoms with E-state index in [9.17, 15) is 10.1 Å². The number of phenols is 1. The van der Waals surface area contributed by atoms with Gasteiger partial charge in [-0.25, -0.2) is 0 Å². The second-order valence-electron chi connectivity index (χ2n) is 2.81. The average molecular weight is 323 g/mol. The Kier molecular flexibility index (Phi) is 10.8. The van der Waals surface area contributed by atoms with Crippen LogP contribution in [0.2, 0.25) is 0 Å². The molecule has 1 aliphatic rings. The SMILES string of the molecule is O=[N+]([O-])c1ccc(O)cc1.[CH]1C=CC=C1.[Cl][Ti][Cl]. The number of hydrogen-bond acceptors (Lipinski definition) is 3.